The van der Waals surface area contributed by atoms with E-state index in [4.69, 9.17) is 20.8 Å². The van der Waals surface area contributed by atoms with Gasteiger partial charge in [-0.1, -0.05) is 41.9 Å². The average molecular weight is 433 g/mol. The zero-order valence-corrected chi connectivity index (χ0v) is 18.0. The minimum absolute atomic E-state index is 0.122. The molecule has 0 spiro atoms. The highest BCUT2D eigenvalue weighted by Crippen LogP contribution is 2.30. The Hall–Kier alpha value is -3.37. The highest BCUT2D eigenvalue weighted by molar-refractivity contribution is 6.30. The molecule has 4 rings (SSSR count). The van der Waals surface area contributed by atoms with Gasteiger partial charge in [0.2, 0.25) is 0 Å². The van der Waals surface area contributed by atoms with E-state index in [1.165, 1.54) is 0 Å². The van der Waals surface area contributed by atoms with Crippen LogP contribution in [0.25, 0.3) is 11.0 Å². The van der Waals surface area contributed by atoms with Crippen molar-refractivity contribution in [3.8, 4) is 5.75 Å². The zero-order valence-electron chi connectivity index (χ0n) is 17.3. The van der Waals surface area contributed by atoms with Crippen LogP contribution in [-0.4, -0.2) is 12.4 Å². The fraction of sp³-hybridized carbons (Fsp3) is 0.154. The average Bonchev–Trinajstić information content (AvgIpc) is 2.77. The van der Waals surface area contributed by atoms with E-state index >= 15 is 0 Å². The Labute approximate surface area is 185 Å². The van der Waals surface area contributed by atoms with E-state index in [0.717, 1.165) is 16.5 Å². The molecule has 0 aliphatic heterocycles. The summed E-state index contributed by atoms with van der Waals surface area (Å²) in [5.74, 6) is 0.347. The molecule has 4 aromatic rings. The number of halogens is 1. The lowest BCUT2D eigenvalue weighted by Gasteiger charge is -2.13. The van der Waals surface area contributed by atoms with Crippen molar-refractivity contribution in [2.24, 2.45) is 0 Å². The largest absolute Gasteiger partial charge is 0.485 e. The maximum atomic E-state index is 12.7. The number of ether oxygens (including phenoxy) is 1. The van der Waals surface area contributed by atoms with E-state index < -0.39 is 0 Å². The van der Waals surface area contributed by atoms with Crippen molar-refractivity contribution in [1.82, 2.24) is 0 Å². The molecule has 0 unspecified atom stereocenters. The fourth-order valence-electron chi connectivity index (χ4n) is 3.59. The van der Waals surface area contributed by atoms with Gasteiger partial charge in [-0.15, -0.1) is 0 Å². The SMILES string of the molecule is Cc1c(Cc2ccccc2)c(=O)oc2c(C)c(OCC(=O)c3ccc(Cl)cc3)ccc12. The molecule has 0 aliphatic carbocycles. The van der Waals surface area contributed by atoms with Crippen LogP contribution in [0.2, 0.25) is 5.02 Å². The molecule has 0 amide bonds. The molecule has 156 valence electrons. The normalized spacial score (nSPS) is 10.9. The third-order valence-electron chi connectivity index (χ3n) is 5.40. The van der Waals surface area contributed by atoms with E-state index in [1.54, 1.807) is 24.3 Å². The molecule has 0 bridgehead atoms. The van der Waals surface area contributed by atoms with Crippen LogP contribution < -0.4 is 10.4 Å². The molecule has 1 heterocycles. The summed E-state index contributed by atoms with van der Waals surface area (Å²) in [5, 5.41) is 1.43. The first-order valence-corrected chi connectivity index (χ1v) is 10.3. The van der Waals surface area contributed by atoms with Gasteiger partial charge in [-0.3, -0.25) is 4.79 Å². The molecule has 31 heavy (non-hydrogen) atoms. The fourth-order valence-corrected chi connectivity index (χ4v) is 3.72. The van der Waals surface area contributed by atoms with Crippen LogP contribution >= 0.6 is 11.6 Å². The summed E-state index contributed by atoms with van der Waals surface area (Å²) in [4.78, 5) is 25.1. The Morgan fingerprint density at radius 3 is 2.35 bits per heavy atom. The van der Waals surface area contributed by atoms with Gasteiger partial charge < -0.3 is 9.15 Å². The van der Waals surface area contributed by atoms with Crippen molar-refractivity contribution >= 4 is 28.4 Å². The minimum Gasteiger partial charge on any atom is -0.485 e. The van der Waals surface area contributed by atoms with Crippen molar-refractivity contribution in [3.63, 3.8) is 0 Å². The number of aryl methyl sites for hydroxylation is 2. The van der Waals surface area contributed by atoms with Gasteiger partial charge in [0.25, 0.3) is 0 Å². The third-order valence-corrected chi connectivity index (χ3v) is 5.65. The van der Waals surface area contributed by atoms with E-state index in [1.807, 2.05) is 56.3 Å². The summed E-state index contributed by atoms with van der Waals surface area (Å²) in [7, 11) is 0. The second-order valence-electron chi connectivity index (χ2n) is 7.44. The highest BCUT2D eigenvalue weighted by atomic mass is 35.5. The summed E-state index contributed by atoms with van der Waals surface area (Å²) >= 11 is 5.87. The van der Waals surface area contributed by atoms with Crippen LogP contribution in [0.15, 0.2) is 75.9 Å². The third kappa shape index (κ3) is 4.39. The molecule has 0 aliphatic rings. The summed E-state index contributed by atoms with van der Waals surface area (Å²) in [6.45, 7) is 3.63. The Morgan fingerprint density at radius 2 is 1.65 bits per heavy atom. The predicted octanol–water partition coefficient (Wildman–Crippen LogP) is 5.92. The molecular formula is C26H21ClO4. The number of hydrogen-bond acceptors (Lipinski definition) is 4. The lowest BCUT2D eigenvalue weighted by Crippen LogP contribution is -2.13. The highest BCUT2D eigenvalue weighted by Gasteiger charge is 2.16. The van der Waals surface area contributed by atoms with Crippen LogP contribution in [0.3, 0.4) is 0 Å². The molecule has 5 heteroatoms. The van der Waals surface area contributed by atoms with Crippen LogP contribution in [0.4, 0.5) is 0 Å². The molecule has 0 N–H and O–H groups in total. The monoisotopic (exact) mass is 432 g/mol. The summed E-state index contributed by atoms with van der Waals surface area (Å²) in [6.07, 6.45) is 0.512. The smallest absolute Gasteiger partial charge is 0.340 e. The van der Waals surface area contributed by atoms with Crippen molar-refractivity contribution < 1.29 is 13.9 Å². The topological polar surface area (TPSA) is 56.5 Å². The first kappa shape index (κ1) is 20.9. The number of carbonyl (C=O) groups excluding carboxylic acids is 1. The van der Waals surface area contributed by atoms with Gasteiger partial charge in [0, 0.05) is 33.5 Å². The standard InChI is InChI=1S/C26H21ClO4/c1-16-21-12-13-24(30-15-23(28)19-8-10-20(27)11-9-19)17(2)25(21)31-26(29)22(16)14-18-6-4-3-5-7-18/h3-13H,14-15H2,1-2H3. The molecule has 1 aromatic heterocycles. The summed E-state index contributed by atoms with van der Waals surface area (Å²) in [5.41, 5.74) is 3.92. The molecule has 3 aromatic carbocycles. The van der Waals surface area contributed by atoms with Crippen molar-refractivity contribution in [2.45, 2.75) is 20.3 Å². The maximum absolute atomic E-state index is 12.7. The predicted molar refractivity (Wildman–Crippen MR) is 122 cm³/mol. The number of ketones is 1. The van der Waals surface area contributed by atoms with E-state index in [9.17, 15) is 9.59 Å². The van der Waals surface area contributed by atoms with Crippen LogP contribution in [-0.2, 0) is 6.42 Å². The van der Waals surface area contributed by atoms with Gasteiger partial charge in [-0.25, -0.2) is 4.79 Å². The molecule has 0 radical (unpaired) electrons. The Kier molecular flexibility index (Phi) is 5.92. The van der Waals surface area contributed by atoms with Gasteiger partial charge >= 0.3 is 5.63 Å². The number of Topliss-reactive ketones (excluding diaryl/α,β-unsaturated/α-hetero) is 1. The summed E-state index contributed by atoms with van der Waals surface area (Å²) in [6, 6.07) is 20.2. The second kappa shape index (κ2) is 8.78. The lowest BCUT2D eigenvalue weighted by atomic mass is 9.98. The van der Waals surface area contributed by atoms with Gasteiger partial charge in [0.05, 0.1) is 0 Å². The Balaban J connectivity index is 1.61. The quantitative estimate of drug-likeness (QED) is 0.280. The number of hydrogen-bond donors (Lipinski definition) is 0. The number of carbonyl (C=O) groups is 1. The van der Waals surface area contributed by atoms with Crippen LogP contribution in [0.5, 0.6) is 5.75 Å². The molecule has 4 nitrogen and oxygen atoms in total. The van der Waals surface area contributed by atoms with E-state index in [2.05, 4.69) is 0 Å². The molecule has 0 saturated heterocycles. The summed E-state index contributed by atoms with van der Waals surface area (Å²) < 4.78 is 11.4. The Bertz CT molecular complexity index is 1310. The molecule has 0 atom stereocenters. The lowest BCUT2D eigenvalue weighted by molar-refractivity contribution is 0.0921. The van der Waals surface area contributed by atoms with Crippen LogP contribution in [0, 0.1) is 13.8 Å². The Morgan fingerprint density at radius 1 is 0.935 bits per heavy atom. The van der Waals surface area contributed by atoms with E-state index in [0.29, 0.717) is 39.5 Å². The number of rotatable bonds is 6. The van der Waals surface area contributed by atoms with Crippen LogP contribution in [0.1, 0.15) is 32.6 Å². The number of fused-ring (bicyclic) bond motifs is 1. The zero-order chi connectivity index (χ0) is 22.0. The second-order valence-corrected chi connectivity index (χ2v) is 7.88. The van der Waals surface area contributed by atoms with Gasteiger partial charge in [0.15, 0.2) is 12.4 Å². The van der Waals surface area contributed by atoms with Crippen molar-refractivity contribution in [2.75, 3.05) is 6.61 Å². The first-order valence-electron chi connectivity index (χ1n) is 9.95. The van der Waals surface area contributed by atoms with Crippen molar-refractivity contribution in [3.05, 3.63) is 110 Å². The van der Waals surface area contributed by atoms with E-state index in [-0.39, 0.29) is 18.0 Å². The molecule has 0 saturated carbocycles. The minimum atomic E-state index is -0.355. The van der Waals surface area contributed by atoms with Gasteiger partial charge in [-0.05, 0) is 61.4 Å². The molecule has 0 fully saturated rings. The van der Waals surface area contributed by atoms with Gasteiger partial charge in [-0.2, -0.15) is 0 Å². The number of benzene rings is 3. The first-order chi connectivity index (χ1) is 14.9. The van der Waals surface area contributed by atoms with Crippen molar-refractivity contribution in [1.29, 1.82) is 0 Å². The maximum Gasteiger partial charge on any atom is 0.340 e. The molecular weight excluding hydrogens is 412 g/mol. The van der Waals surface area contributed by atoms with Gasteiger partial charge in [0.1, 0.15) is 11.3 Å².